The van der Waals surface area contributed by atoms with Gasteiger partial charge in [-0.3, -0.25) is 4.79 Å². The van der Waals surface area contributed by atoms with E-state index in [1.807, 2.05) is 37.3 Å². The van der Waals surface area contributed by atoms with Gasteiger partial charge >= 0.3 is 0 Å². The number of anilines is 1. The summed E-state index contributed by atoms with van der Waals surface area (Å²) >= 11 is 1.38. The third kappa shape index (κ3) is 3.81. The van der Waals surface area contributed by atoms with Gasteiger partial charge in [-0.05, 0) is 19.4 Å². The molecule has 0 aliphatic carbocycles. The van der Waals surface area contributed by atoms with Crippen molar-refractivity contribution < 1.29 is 9.32 Å². The van der Waals surface area contributed by atoms with Gasteiger partial charge in [-0.2, -0.15) is 0 Å². The maximum atomic E-state index is 12.1. The van der Waals surface area contributed by atoms with Crippen molar-refractivity contribution in [3.05, 3.63) is 57.9 Å². The topological polar surface area (TPSA) is 80.9 Å². The summed E-state index contributed by atoms with van der Waals surface area (Å²) in [5.41, 5.74) is 2.72. The third-order valence-electron chi connectivity index (χ3n) is 3.43. The summed E-state index contributed by atoms with van der Waals surface area (Å²) in [6, 6.07) is 10.0. The Kier molecular flexibility index (Phi) is 4.47. The van der Waals surface area contributed by atoms with E-state index < -0.39 is 0 Å². The van der Waals surface area contributed by atoms with Crippen LogP contribution in [0.1, 0.15) is 27.6 Å². The Labute approximate surface area is 137 Å². The molecule has 0 aliphatic rings. The molecule has 0 aliphatic heterocycles. The second kappa shape index (κ2) is 6.70. The number of carbonyl (C=O) groups excluding carboxylic acids is 1. The summed E-state index contributed by atoms with van der Waals surface area (Å²) in [4.78, 5) is 12.1. The minimum absolute atomic E-state index is 0.151. The summed E-state index contributed by atoms with van der Waals surface area (Å²) in [6.07, 6.45) is 0.924. The first kappa shape index (κ1) is 15.4. The smallest absolute Gasteiger partial charge is 0.230 e. The third-order valence-corrected chi connectivity index (χ3v) is 4.27. The molecule has 0 saturated heterocycles. The normalized spacial score (nSPS) is 10.7. The van der Waals surface area contributed by atoms with Gasteiger partial charge in [-0.15, -0.1) is 10.2 Å². The van der Waals surface area contributed by atoms with Crippen LogP contribution in [0.5, 0.6) is 0 Å². The van der Waals surface area contributed by atoms with Crippen LogP contribution in [0.15, 0.2) is 34.9 Å². The molecule has 0 fully saturated rings. The second-order valence-corrected chi connectivity index (χ2v) is 6.25. The molecule has 1 amide bonds. The predicted molar refractivity (Wildman–Crippen MR) is 87.5 cm³/mol. The largest absolute Gasteiger partial charge is 0.361 e. The van der Waals surface area contributed by atoms with Crippen molar-refractivity contribution in [3.8, 4) is 0 Å². The average Bonchev–Trinajstić information content (AvgIpc) is 3.09. The van der Waals surface area contributed by atoms with Gasteiger partial charge in [0.15, 0.2) is 0 Å². The van der Waals surface area contributed by atoms with E-state index in [-0.39, 0.29) is 12.3 Å². The van der Waals surface area contributed by atoms with E-state index in [9.17, 15) is 4.79 Å². The van der Waals surface area contributed by atoms with Crippen molar-refractivity contribution in [2.45, 2.75) is 26.7 Å². The summed E-state index contributed by atoms with van der Waals surface area (Å²) in [5.74, 6) is 0.515. The van der Waals surface area contributed by atoms with Crippen LogP contribution in [-0.4, -0.2) is 21.3 Å². The van der Waals surface area contributed by atoms with Crippen LogP contribution < -0.4 is 5.32 Å². The quantitative estimate of drug-likeness (QED) is 0.779. The maximum absolute atomic E-state index is 12.1. The number of benzene rings is 1. The van der Waals surface area contributed by atoms with Gasteiger partial charge < -0.3 is 9.84 Å². The Bertz CT molecular complexity index is 791. The van der Waals surface area contributed by atoms with E-state index in [4.69, 9.17) is 4.52 Å². The zero-order valence-corrected chi connectivity index (χ0v) is 13.7. The first-order chi connectivity index (χ1) is 11.1. The summed E-state index contributed by atoms with van der Waals surface area (Å²) < 4.78 is 5.06. The van der Waals surface area contributed by atoms with Gasteiger partial charge in [0.2, 0.25) is 11.0 Å². The van der Waals surface area contributed by atoms with E-state index >= 15 is 0 Å². The molecule has 23 heavy (non-hydrogen) atoms. The molecule has 3 rings (SSSR count). The molecule has 1 N–H and O–H groups in total. The van der Waals surface area contributed by atoms with Crippen molar-refractivity contribution in [1.82, 2.24) is 15.4 Å². The Balaban J connectivity index is 1.61. The molecule has 0 radical (unpaired) electrons. The number of nitrogens with one attached hydrogen (secondary N) is 1. The molecule has 6 nitrogen and oxygen atoms in total. The van der Waals surface area contributed by atoms with Gasteiger partial charge in [-0.1, -0.05) is 46.8 Å². The van der Waals surface area contributed by atoms with Crippen molar-refractivity contribution in [2.75, 3.05) is 5.32 Å². The van der Waals surface area contributed by atoms with Crippen LogP contribution in [0.4, 0.5) is 5.13 Å². The van der Waals surface area contributed by atoms with Gasteiger partial charge in [0.25, 0.3) is 0 Å². The average molecular weight is 328 g/mol. The molecule has 2 heterocycles. The SMILES string of the molecule is Cc1noc(C)c1CC(=O)Nc1nnc(Cc2ccccc2)s1. The fraction of sp³-hybridized carbons (Fsp3) is 0.250. The summed E-state index contributed by atoms with van der Waals surface area (Å²) in [6.45, 7) is 3.62. The fourth-order valence-corrected chi connectivity index (χ4v) is 3.01. The van der Waals surface area contributed by atoms with Crippen LogP contribution in [-0.2, 0) is 17.6 Å². The van der Waals surface area contributed by atoms with Crippen LogP contribution >= 0.6 is 11.3 Å². The zero-order valence-electron chi connectivity index (χ0n) is 12.9. The Morgan fingerprint density at radius 2 is 2.00 bits per heavy atom. The van der Waals surface area contributed by atoms with E-state index in [1.165, 1.54) is 11.3 Å². The molecular formula is C16H16N4O2S. The Morgan fingerprint density at radius 1 is 1.22 bits per heavy atom. The number of nitrogens with zero attached hydrogens (tertiary/aromatic N) is 3. The highest BCUT2D eigenvalue weighted by atomic mass is 32.1. The maximum Gasteiger partial charge on any atom is 0.230 e. The van der Waals surface area contributed by atoms with E-state index in [0.717, 1.165) is 21.8 Å². The molecule has 2 aromatic heterocycles. The fourth-order valence-electron chi connectivity index (χ4n) is 2.22. The minimum atomic E-state index is -0.151. The van der Waals surface area contributed by atoms with Crippen LogP contribution in [0.2, 0.25) is 0 Å². The lowest BCUT2D eigenvalue weighted by Gasteiger charge is -2.00. The predicted octanol–water partition coefficient (Wildman–Crippen LogP) is 2.91. The lowest BCUT2D eigenvalue weighted by molar-refractivity contribution is -0.115. The number of aromatic nitrogens is 3. The Hall–Kier alpha value is -2.54. The summed E-state index contributed by atoms with van der Waals surface area (Å²) in [7, 11) is 0. The van der Waals surface area contributed by atoms with Crippen molar-refractivity contribution in [2.24, 2.45) is 0 Å². The minimum Gasteiger partial charge on any atom is -0.361 e. The lowest BCUT2D eigenvalue weighted by atomic mass is 10.1. The molecule has 1 aromatic carbocycles. The monoisotopic (exact) mass is 328 g/mol. The summed E-state index contributed by atoms with van der Waals surface area (Å²) in [5, 5.41) is 16.1. The Morgan fingerprint density at radius 3 is 2.70 bits per heavy atom. The van der Waals surface area contributed by atoms with E-state index in [0.29, 0.717) is 17.3 Å². The van der Waals surface area contributed by atoms with Crippen molar-refractivity contribution in [1.29, 1.82) is 0 Å². The van der Waals surface area contributed by atoms with Gasteiger partial charge in [0, 0.05) is 12.0 Å². The number of hydrogen-bond acceptors (Lipinski definition) is 6. The van der Waals surface area contributed by atoms with Crippen LogP contribution in [0.3, 0.4) is 0 Å². The first-order valence-corrected chi connectivity index (χ1v) is 8.01. The highest BCUT2D eigenvalue weighted by molar-refractivity contribution is 7.15. The number of carbonyl (C=O) groups is 1. The molecular weight excluding hydrogens is 312 g/mol. The lowest BCUT2D eigenvalue weighted by Crippen LogP contribution is -2.15. The van der Waals surface area contributed by atoms with Gasteiger partial charge in [0.1, 0.15) is 10.8 Å². The van der Waals surface area contributed by atoms with Crippen molar-refractivity contribution >= 4 is 22.4 Å². The highest BCUT2D eigenvalue weighted by Crippen LogP contribution is 2.19. The standard InChI is InChI=1S/C16H16N4O2S/c1-10-13(11(2)22-20-10)9-14(21)17-16-19-18-15(23-16)8-12-6-4-3-5-7-12/h3-7H,8-9H2,1-2H3,(H,17,19,21). The van der Waals surface area contributed by atoms with E-state index in [2.05, 4.69) is 20.7 Å². The molecule has 118 valence electrons. The molecule has 0 saturated carbocycles. The number of aryl methyl sites for hydroxylation is 2. The highest BCUT2D eigenvalue weighted by Gasteiger charge is 2.15. The number of rotatable bonds is 5. The van der Waals surface area contributed by atoms with Crippen LogP contribution in [0.25, 0.3) is 0 Å². The first-order valence-electron chi connectivity index (χ1n) is 7.19. The van der Waals surface area contributed by atoms with Crippen molar-refractivity contribution in [3.63, 3.8) is 0 Å². The molecule has 3 aromatic rings. The van der Waals surface area contributed by atoms with Crippen LogP contribution in [0, 0.1) is 13.8 Å². The molecule has 0 spiro atoms. The second-order valence-electron chi connectivity index (χ2n) is 5.19. The number of amides is 1. The van der Waals surface area contributed by atoms with Gasteiger partial charge in [0.05, 0.1) is 12.1 Å². The zero-order chi connectivity index (χ0) is 16.2. The molecule has 0 atom stereocenters. The van der Waals surface area contributed by atoms with E-state index in [1.54, 1.807) is 6.92 Å². The molecule has 7 heteroatoms. The van der Waals surface area contributed by atoms with Gasteiger partial charge in [-0.25, -0.2) is 0 Å². The molecule has 0 bridgehead atoms. The molecule has 0 unspecified atom stereocenters. The number of hydrogen-bond donors (Lipinski definition) is 1.